The first-order valence-electron chi connectivity index (χ1n) is 8.30. The highest BCUT2D eigenvalue weighted by molar-refractivity contribution is 7.99. The number of nitrogens with zero attached hydrogens (tertiary/aromatic N) is 3. The fourth-order valence-electron chi connectivity index (χ4n) is 2.49. The second-order valence-corrected chi connectivity index (χ2v) is 6.93. The van der Waals surface area contributed by atoms with Crippen LogP contribution in [0.2, 0.25) is 5.02 Å². The number of thioether (sulfide) groups is 1. The third-order valence-corrected chi connectivity index (χ3v) is 4.92. The zero-order valence-corrected chi connectivity index (χ0v) is 16.3. The molecular weight excluding hydrogens is 370 g/mol. The molecule has 0 saturated carbocycles. The van der Waals surface area contributed by atoms with Crippen LogP contribution in [0.3, 0.4) is 0 Å². The maximum Gasteiger partial charge on any atom is 0.191 e. The first kappa shape index (κ1) is 18.6. The molecule has 136 valence electrons. The highest BCUT2D eigenvalue weighted by Gasteiger charge is 2.13. The van der Waals surface area contributed by atoms with Crippen LogP contribution in [0.15, 0.2) is 53.7 Å². The van der Waals surface area contributed by atoms with Gasteiger partial charge in [-0.2, -0.15) is 0 Å². The van der Waals surface area contributed by atoms with E-state index < -0.39 is 0 Å². The van der Waals surface area contributed by atoms with Crippen molar-refractivity contribution >= 4 is 23.4 Å². The minimum atomic E-state index is 0.583. The second-order valence-electron chi connectivity index (χ2n) is 5.43. The molecule has 0 unspecified atom stereocenters. The number of ether oxygens (including phenoxy) is 2. The van der Waals surface area contributed by atoms with E-state index in [1.54, 1.807) is 18.9 Å². The smallest absolute Gasteiger partial charge is 0.191 e. The van der Waals surface area contributed by atoms with E-state index in [9.17, 15) is 0 Å². The Kier molecular flexibility index (Phi) is 6.41. The molecule has 0 aliphatic carbocycles. The summed E-state index contributed by atoms with van der Waals surface area (Å²) >= 11 is 7.71. The molecule has 0 saturated heterocycles. The Morgan fingerprint density at radius 2 is 1.85 bits per heavy atom. The summed E-state index contributed by atoms with van der Waals surface area (Å²) in [6.07, 6.45) is 0. The fourth-order valence-corrected chi connectivity index (χ4v) is 3.50. The lowest BCUT2D eigenvalue weighted by Crippen LogP contribution is -2.03. The summed E-state index contributed by atoms with van der Waals surface area (Å²) in [6.45, 7) is 3.45. The van der Waals surface area contributed by atoms with Gasteiger partial charge in [-0.3, -0.25) is 0 Å². The average Bonchev–Trinajstić information content (AvgIpc) is 3.08. The van der Waals surface area contributed by atoms with Crippen molar-refractivity contribution in [3.05, 3.63) is 53.6 Å². The van der Waals surface area contributed by atoms with Gasteiger partial charge in [-0.25, -0.2) is 0 Å². The molecule has 7 heteroatoms. The van der Waals surface area contributed by atoms with E-state index in [0.29, 0.717) is 11.6 Å². The van der Waals surface area contributed by atoms with Gasteiger partial charge in [-0.15, -0.1) is 10.2 Å². The van der Waals surface area contributed by atoms with Crippen LogP contribution in [0.4, 0.5) is 0 Å². The van der Waals surface area contributed by atoms with Gasteiger partial charge in [0.25, 0.3) is 0 Å². The predicted octanol–water partition coefficient (Wildman–Crippen LogP) is 4.80. The van der Waals surface area contributed by atoms with E-state index in [4.69, 9.17) is 21.1 Å². The Balaban J connectivity index is 1.59. The molecule has 0 bridgehead atoms. The van der Waals surface area contributed by atoms with E-state index in [0.717, 1.165) is 40.3 Å². The van der Waals surface area contributed by atoms with Crippen LogP contribution in [0.1, 0.15) is 6.92 Å². The van der Waals surface area contributed by atoms with Gasteiger partial charge in [0.1, 0.15) is 11.5 Å². The topological polar surface area (TPSA) is 49.2 Å². The standard InChI is InChI=1S/C19H20ClN3O2S/c1-3-23-18(14-5-4-6-15(20)13-14)21-22-19(23)26-12-11-25-17-9-7-16(24-2)8-10-17/h4-10,13H,3,11-12H2,1-2H3. The Morgan fingerprint density at radius 3 is 2.54 bits per heavy atom. The molecule has 0 atom stereocenters. The molecule has 0 N–H and O–H groups in total. The zero-order valence-electron chi connectivity index (χ0n) is 14.7. The van der Waals surface area contributed by atoms with E-state index in [1.807, 2.05) is 48.5 Å². The van der Waals surface area contributed by atoms with Crippen LogP contribution < -0.4 is 9.47 Å². The Morgan fingerprint density at radius 1 is 1.08 bits per heavy atom. The zero-order chi connectivity index (χ0) is 18.4. The molecule has 0 amide bonds. The Bertz CT molecular complexity index is 852. The quantitative estimate of drug-likeness (QED) is 0.409. The lowest BCUT2D eigenvalue weighted by molar-refractivity contribution is 0.342. The highest BCUT2D eigenvalue weighted by Crippen LogP contribution is 2.26. The highest BCUT2D eigenvalue weighted by atomic mass is 35.5. The van der Waals surface area contributed by atoms with E-state index in [1.165, 1.54) is 0 Å². The molecule has 1 aromatic heterocycles. The Labute approximate surface area is 162 Å². The van der Waals surface area contributed by atoms with Crippen LogP contribution in [-0.4, -0.2) is 34.2 Å². The van der Waals surface area contributed by atoms with Gasteiger partial charge in [-0.1, -0.05) is 35.5 Å². The van der Waals surface area contributed by atoms with Crippen molar-refractivity contribution in [2.24, 2.45) is 0 Å². The van der Waals surface area contributed by atoms with Crippen molar-refractivity contribution in [2.75, 3.05) is 19.5 Å². The molecule has 5 nitrogen and oxygen atoms in total. The third kappa shape index (κ3) is 4.51. The first-order chi connectivity index (χ1) is 12.7. The third-order valence-electron chi connectivity index (χ3n) is 3.76. The van der Waals surface area contributed by atoms with Gasteiger partial charge in [-0.05, 0) is 43.3 Å². The number of hydrogen-bond donors (Lipinski definition) is 0. The number of benzene rings is 2. The minimum Gasteiger partial charge on any atom is -0.497 e. The van der Waals surface area contributed by atoms with Crippen molar-refractivity contribution in [2.45, 2.75) is 18.6 Å². The number of hydrogen-bond acceptors (Lipinski definition) is 5. The van der Waals surface area contributed by atoms with Crippen molar-refractivity contribution in [1.29, 1.82) is 0 Å². The first-order valence-corrected chi connectivity index (χ1v) is 9.66. The molecule has 26 heavy (non-hydrogen) atoms. The molecule has 3 rings (SSSR count). The number of methoxy groups -OCH3 is 1. The second kappa shape index (κ2) is 8.96. The van der Waals surface area contributed by atoms with Gasteiger partial charge in [0.2, 0.25) is 0 Å². The normalized spacial score (nSPS) is 10.7. The molecule has 2 aromatic carbocycles. The van der Waals surface area contributed by atoms with Crippen LogP contribution in [0, 0.1) is 0 Å². The summed E-state index contributed by atoms with van der Waals surface area (Å²) in [6, 6.07) is 15.2. The molecule has 0 aliphatic heterocycles. The summed E-state index contributed by atoms with van der Waals surface area (Å²) in [4.78, 5) is 0. The van der Waals surface area contributed by atoms with Gasteiger partial charge in [0.15, 0.2) is 11.0 Å². The van der Waals surface area contributed by atoms with E-state index in [2.05, 4.69) is 21.7 Å². The number of halogens is 1. The summed E-state index contributed by atoms with van der Waals surface area (Å²) in [5.74, 6) is 3.24. The predicted molar refractivity (Wildman–Crippen MR) is 105 cm³/mol. The largest absolute Gasteiger partial charge is 0.497 e. The van der Waals surface area contributed by atoms with Crippen LogP contribution >= 0.6 is 23.4 Å². The van der Waals surface area contributed by atoms with Crippen molar-refractivity contribution in [3.8, 4) is 22.9 Å². The van der Waals surface area contributed by atoms with Crippen molar-refractivity contribution in [3.63, 3.8) is 0 Å². The molecule has 0 spiro atoms. The van der Waals surface area contributed by atoms with Crippen LogP contribution in [0.5, 0.6) is 11.5 Å². The van der Waals surface area contributed by atoms with Crippen LogP contribution in [0.25, 0.3) is 11.4 Å². The SMILES string of the molecule is CCn1c(SCCOc2ccc(OC)cc2)nnc1-c1cccc(Cl)c1. The lowest BCUT2D eigenvalue weighted by Gasteiger charge is -2.09. The van der Waals surface area contributed by atoms with Crippen molar-refractivity contribution < 1.29 is 9.47 Å². The summed E-state index contributed by atoms with van der Waals surface area (Å²) < 4.78 is 13.0. The fraction of sp³-hybridized carbons (Fsp3) is 0.263. The summed E-state index contributed by atoms with van der Waals surface area (Å²) in [7, 11) is 1.65. The monoisotopic (exact) mass is 389 g/mol. The van der Waals surface area contributed by atoms with Crippen molar-refractivity contribution in [1.82, 2.24) is 14.8 Å². The molecule has 3 aromatic rings. The van der Waals surface area contributed by atoms with Gasteiger partial charge < -0.3 is 14.0 Å². The van der Waals surface area contributed by atoms with E-state index >= 15 is 0 Å². The average molecular weight is 390 g/mol. The maximum absolute atomic E-state index is 6.09. The summed E-state index contributed by atoms with van der Waals surface area (Å²) in [5, 5.41) is 10.2. The van der Waals surface area contributed by atoms with Gasteiger partial charge in [0.05, 0.1) is 13.7 Å². The van der Waals surface area contributed by atoms with Gasteiger partial charge >= 0.3 is 0 Å². The molecule has 0 radical (unpaired) electrons. The Hall–Kier alpha value is -2.18. The number of rotatable bonds is 8. The van der Waals surface area contributed by atoms with Crippen LogP contribution in [-0.2, 0) is 6.54 Å². The molecule has 0 aliphatic rings. The van der Waals surface area contributed by atoms with E-state index in [-0.39, 0.29) is 0 Å². The molecule has 0 fully saturated rings. The molecular formula is C19H20ClN3O2S. The maximum atomic E-state index is 6.09. The van der Waals surface area contributed by atoms with Gasteiger partial charge in [0, 0.05) is 22.9 Å². The lowest BCUT2D eigenvalue weighted by atomic mass is 10.2. The minimum absolute atomic E-state index is 0.583. The number of aromatic nitrogens is 3. The summed E-state index contributed by atoms with van der Waals surface area (Å²) in [5.41, 5.74) is 0.966. The molecule has 1 heterocycles.